The molecule has 2 fully saturated rings. The number of rotatable bonds is 6. The van der Waals surface area contributed by atoms with Gasteiger partial charge < -0.3 is 28.9 Å². The van der Waals surface area contributed by atoms with Crippen LogP contribution in [0.4, 0.5) is 5.82 Å². The maximum absolute atomic E-state index is 12.2. The first kappa shape index (κ1) is 18.2. The maximum atomic E-state index is 12.2. The van der Waals surface area contributed by atoms with E-state index in [-0.39, 0.29) is 18.6 Å². The van der Waals surface area contributed by atoms with Gasteiger partial charge in [-0.15, -0.1) is 0 Å². The molecule has 3 heterocycles. The Morgan fingerprint density at radius 3 is 2.64 bits per heavy atom. The summed E-state index contributed by atoms with van der Waals surface area (Å²) in [6, 6.07) is 1.84. The summed E-state index contributed by atoms with van der Waals surface area (Å²) in [4.78, 5) is 16.1. The largest absolute Gasteiger partial charge is 0.391 e. The molecule has 1 atom stereocenters. The van der Waals surface area contributed by atoms with E-state index in [1.54, 1.807) is 19.1 Å². The Morgan fingerprint density at radius 1 is 1.32 bits per heavy atom. The predicted molar refractivity (Wildman–Crippen MR) is 90.2 cm³/mol. The molecule has 0 aliphatic carbocycles. The Bertz CT molecular complexity index is 566. The molecule has 1 aromatic heterocycles. The van der Waals surface area contributed by atoms with Crippen LogP contribution in [0.1, 0.15) is 25.0 Å². The van der Waals surface area contributed by atoms with E-state index in [1.807, 2.05) is 6.07 Å². The van der Waals surface area contributed by atoms with Crippen molar-refractivity contribution < 1.29 is 23.9 Å². The molecule has 1 aromatic rings. The van der Waals surface area contributed by atoms with Gasteiger partial charge in [0, 0.05) is 52.4 Å². The Balaban J connectivity index is 1.51. The molecular weight excluding hydrogens is 326 g/mol. The molecule has 2 aliphatic heterocycles. The number of hydrogen-bond acceptors (Lipinski definition) is 7. The minimum Gasteiger partial charge on any atom is -0.391 e. The second kappa shape index (κ2) is 8.16. The van der Waals surface area contributed by atoms with Gasteiger partial charge in [-0.1, -0.05) is 5.16 Å². The molecule has 8 heteroatoms. The first-order valence-corrected chi connectivity index (χ1v) is 8.82. The molecule has 3 rings (SSSR count). The monoisotopic (exact) mass is 353 g/mol. The summed E-state index contributed by atoms with van der Waals surface area (Å²) in [7, 11) is 3.33. The van der Waals surface area contributed by atoms with E-state index < -0.39 is 6.10 Å². The van der Waals surface area contributed by atoms with Gasteiger partial charge in [0.1, 0.15) is 5.76 Å². The minimum absolute atomic E-state index is 0.0269. The van der Waals surface area contributed by atoms with Crippen molar-refractivity contribution in [1.82, 2.24) is 10.1 Å². The van der Waals surface area contributed by atoms with Crippen molar-refractivity contribution in [3.63, 3.8) is 0 Å². The third kappa shape index (κ3) is 4.31. The number of nitrogens with zero attached hydrogens (tertiary/aromatic N) is 3. The van der Waals surface area contributed by atoms with E-state index in [0.29, 0.717) is 31.2 Å². The van der Waals surface area contributed by atoms with Gasteiger partial charge in [0.15, 0.2) is 12.1 Å². The number of β-amino-alcohol motifs (C(OH)–C–C–N with tert-alkyl or cyclic N) is 1. The molecule has 0 aromatic carbocycles. The number of amides is 1. The van der Waals surface area contributed by atoms with Crippen molar-refractivity contribution in [2.24, 2.45) is 5.92 Å². The molecule has 2 aliphatic rings. The number of methoxy groups -OCH3 is 2. The number of anilines is 1. The smallest absolute Gasteiger partial charge is 0.230 e. The Kier molecular flexibility index (Phi) is 5.93. The zero-order valence-corrected chi connectivity index (χ0v) is 14.9. The van der Waals surface area contributed by atoms with E-state index >= 15 is 0 Å². The molecule has 8 nitrogen and oxygen atoms in total. The maximum Gasteiger partial charge on any atom is 0.230 e. The van der Waals surface area contributed by atoms with Gasteiger partial charge in [-0.05, 0) is 19.3 Å². The highest BCUT2D eigenvalue weighted by molar-refractivity contribution is 5.78. The van der Waals surface area contributed by atoms with Crippen molar-refractivity contribution in [1.29, 1.82) is 0 Å². The van der Waals surface area contributed by atoms with E-state index in [1.165, 1.54) is 0 Å². The summed E-state index contributed by atoms with van der Waals surface area (Å²) in [5, 5.41) is 13.6. The predicted octanol–water partition coefficient (Wildman–Crippen LogP) is 0.646. The van der Waals surface area contributed by atoms with E-state index in [4.69, 9.17) is 14.0 Å². The van der Waals surface area contributed by atoms with Crippen molar-refractivity contribution in [2.45, 2.75) is 38.1 Å². The van der Waals surface area contributed by atoms with Gasteiger partial charge in [0.25, 0.3) is 0 Å². The number of aliphatic hydroxyl groups excluding tert-OH is 1. The Hall–Kier alpha value is -1.64. The molecule has 0 radical (unpaired) electrons. The van der Waals surface area contributed by atoms with Crippen LogP contribution in [0.5, 0.6) is 0 Å². The van der Waals surface area contributed by atoms with Crippen molar-refractivity contribution >= 4 is 11.7 Å². The number of ether oxygens (including phenoxy) is 2. The fourth-order valence-corrected chi connectivity index (χ4v) is 3.65. The normalized spacial score (nSPS) is 22.2. The van der Waals surface area contributed by atoms with Crippen LogP contribution >= 0.6 is 0 Å². The molecule has 2 saturated heterocycles. The quantitative estimate of drug-likeness (QED) is 0.751. The van der Waals surface area contributed by atoms with Crippen molar-refractivity contribution in [3.8, 4) is 0 Å². The highest BCUT2D eigenvalue weighted by atomic mass is 16.7. The van der Waals surface area contributed by atoms with E-state index in [9.17, 15) is 9.90 Å². The first-order valence-electron chi connectivity index (χ1n) is 8.82. The topological polar surface area (TPSA) is 88.3 Å². The van der Waals surface area contributed by atoms with Gasteiger partial charge in [0.2, 0.25) is 5.91 Å². The zero-order chi connectivity index (χ0) is 17.8. The van der Waals surface area contributed by atoms with Crippen LogP contribution in [0.3, 0.4) is 0 Å². The highest BCUT2D eigenvalue weighted by Crippen LogP contribution is 2.26. The van der Waals surface area contributed by atoms with Gasteiger partial charge in [0.05, 0.1) is 12.5 Å². The van der Waals surface area contributed by atoms with Gasteiger partial charge in [-0.25, -0.2) is 0 Å². The lowest BCUT2D eigenvalue weighted by Gasteiger charge is -2.34. The number of likely N-dealkylation sites (tertiary alicyclic amines) is 1. The average Bonchev–Trinajstić information content (AvgIpc) is 3.26. The summed E-state index contributed by atoms with van der Waals surface area (Å²) in [6.07, 6.45) is 2.18. The summed E-state index contributed by atoms with van der Waals surface area (Å²) in [6.45, 7) is 2.72. The van der Waals surface area contributed by atoms with Crippen LogP contribution in [-0.2, 0) is 20.7 Å². The average molecular weight is 353 g/mol. The molecule has 1 unspecified atom stereocenters. The van der Waals surface area contributed by atoms with Crippen LogP contribution in [0, 0.1) is 5.92 Å². The molecule has 0 bridgehead atoms. The lowest BCUT2D eigenvalue weighted by atomic mass is 9.96. The fraction of sp³-hybridized carbons (Fsp3) is 0.765. The highest BCUT2D eigenvalue weighted by Gasteiger charge is 2.29. The van der Waals surface area contributed by atoms with Crippen LogP contribution in [-0.4, -0.2) is 73.9 Å². The number of aliphatic hydroxyl groups is 1. The summed E-state index contributed by atoms with van der Waals surface area (Å²) < 4.78 is 16.0. The lowest BCUT2D eigenvalue weighted by Crippen LogP contribution is -2.39. The third-order valence-corrected chi connectivity index (χ3v) is 5.10. The summed E-state index contributed by atoms with van der Waals surface area (Å²) in [5.74, 6) is 1.69. The summed E-state index contributed by atoms with van der Waals surface area (Å²) in [5.41, 5.74) is 0. The second-order valence-electron chi connectivity index (χ2n) is 6.77. The number of aromatic nitrogens is 1. The molecule has 0 saturated carbocycles. The van der Waals surface area contributed by atoms with Gasteiger partial charge in [-0.2, -0.15) is 0 Å². The number of hydrogen-bond donors (Lipinski definition) is 1. The summed E-state index contributed by atoms with van der Waals surface area (Å²) >= 11 is 0. The molecule has 25 heavy (non-hydrogen) atoms. The van der Waals surface area contributed by atoms with Crippen LogP contribution in [0.25, 0.3) is 0 Å². The second-order valence-corrected chi connectivity index (χ2v) is 6.77. The van der Waals surface area contributed by atoms with Crippen LogP contribution < -0.4 is 4.90 Å². The molecule has 0 spiro atoms. The number of piperidine rings is 1. The minimum atomic E-state index is -0.404. The Labute approximate surface area is 147 Å². The zero-order valence-electron chi connectivity index (χ0n) is 14.9. The first-order chi connectivity index (χ1) is 12.1. The lowest BCUT2D eigenvalue weighted by molar-refractivity contribution is -0.141. The molecule has 1 N–H and O–H groups in total. The van der Waals surface area contributed by atoms with E-state index in [0.717, 1.165) is 31.7 Å². The SMILES string of the molecule is COC(OC)C1CCN(c2cc(CC(=O)N3CCC(O)C3)on2)CC1. The van der Waals surface area contributed by atoms with Gasteiger partial charge >= 0.3 is 0 Å². The van der Waals surface area contributed by atoms with E-state index in [2.05, 4.69) is 10.1 Å². The number of carbonyl (C=O) groups is 1. The van der Waals surface area contributed by atoms with Crippen LogP contribution in [0.15, 0.2) is 10.6 Å². The Morgan fingerprint density at radius 2 is 2.04 bits per heavy atom. The fourth-order valence-electron chi connectivity index (χ4n) is 3.65. The molecule has 140 valence electrons. The third-order valence-electron chi connectivity index (χ3n) is 5.10. The molecular formula is C17H27N3O5. The van der Waals surface area contributed by atoms with Gasteiger partial charge in [-0.3, -0.25) is 4.79 Å². The van der Waals surface area contributed by atoms with Crippen LogP contribution in [0.2, 0.25) is 0 Å². The molecule has 1 amide bonds. The standard InChI is InChI=1S/C17H27N3O5/c1-23-17(24-2)12-3-6-19(7-4-12)15-9-14(25-18-15)10-16(22)20-8-5-13(21)11-20/h9,12-13,17,21H,3-8,10-11H2,1-2H3. The van der Waals surface area contributed by atoms with Crippen molar-refractivity contribution in [3.05, 3.63) is 11.8 Å². The van der Waals surface area contributed by atoms with Crippen molar-refractivity contribution in [2.75, 3.05) is 45.3 Å². The number of carbonyl (C=O) groups excluding carboxylic acids is 1.